The summed E-state index contributed by atoms with van der Waals surface area (Å²) in [7, 11) is 0. The van der Waals surface area contributed by atoms with Crippen molar-refractivity contribution in [3.8, 4) is 16.2 Å². The number of imide groups is 1. The quantitative estimate of drug-likeness (QED) is 0.0347. The first-order chi connectivity index (χ1) is 30.9. The molecule has 3 aromatic carbocycles. The Bertz CT molecular complexity index is 2400. The second-order valence-electron chi connectivity index (χ2n) is 17.1. The average molecular weight is 967 g/mol. The molecule has 4 N–H and O–H groups in total. The summed E-state index contributed by atoms with van der Waals surface area (Å²) in [6.45, 7) is 15.8. The van der Waals surface area contributed by atoms with Gasteiger partial charge in [0.05, 0.1) is 5.02 Å². The number of nitrogens with one attached hydrogen (secondary N) is 2. The number of aliphatic carboxylic acids is 1. The fourth-order valence-corrected chi connectivity index (χ4v) is 10.2. The number of carbonyl (C=O) groups excluding carboxylic acids is 4. The molecule has 346 valence electrons. The summed E-state index contributed by atoms with van der Waals surface area (Å²) in [6.07, 6.45) is 4.97. The summed E-state index contributed by atoms with van der Waals surface area (Å²) in [5.41, 5.74) is 5.34. The Labute approximate surface area is 421 Å². The minimum absolute atomic E-state index is 0. The van der Waals surface area contributed by atoms with Crippen LogP contribution in [0.15, 0.2) is 66.7 Å². The SMILES string of the molecule is O=C(O)COc1c(C(=O)O)sc(-c2c[c-]ccc2)c1Cl.[CH2-]CN(SCc1cccc(NC(=O)N2CCC(c3ccc(N(C=O)C4CCC(=O)NC4=O)c(C4(C)CC4)c3)CC2)c1)C([CH2-])(C)C.[Na+]. The average Bonchev–Trinajstić information content (AvgIpc) is 3.94. The molecule has 1 atom stereocenters. The van der Waals surface area contributed by atoms with Crippen LogP contribution >= 0.6 is 34.9 Å². The van der Waals surface area contributed by atoms with Crippen molar-refractivity contribution in [1.82, 2.24) is 14.5 Å². The Morgan fingerprint density at radius 3 is 2.42 bits per heavy atom. The molecule has 5 amide bonds. The number of halogens is 1. The standard InChI is InChI=1S/C35H45N5O4S.C13H8ClO5S.Na/c1-6-40(34(2,3)4)45-22-24-8-7-9-27(20-24)36-33(44)38-18-14-25(15-19-38)26-10-11-29(28(21-26)35(5)16-17-35)39(23-41)30-12-13-31(42)37-32(30)43;14-9-10(19-6-8(15)16)12(13(17)18)20-11(9)7-4-2-1-3-5-7;/h7-11,20-21,23,25,30H,1-2,6,12-19,22H2,3-5H3,(H,36,44)(H,37,42,43);1-2,4-5H,6H2,(H,15,16)(H,17,18);/q-2;-1;+1. The second-order valence-corrected chi connectivity index (χ2v) is 19.5. The number of urea groups is 1. The molecule has 1 unspecified atom stereocenters. The first kappa shape index (κ1) is 52.5. The molecule has 1 aromatic heterocycles. The molecule has 1 saturated carbocycles. The van der Waals surface area contributed by atoms with Gasteiger partial charge in [0.2, 0.25) is 18.2 Å². The predicted molar refractivity (Wildman–Crippen MR) is 253 cm³/mol. The van der Waals surface area contributed by atoms with Gasteiger partial charge < -0.3 is 48.2 Å². The molecule has 14 nitrogen and oxygen atoms in total. The number of hydrogen-bond acceptors (Lipinski definition) is 10. The molecule has 0 radical (unpaired) electrons. The molecular formula is C48H53ClN5NaO9S2-2. The number of rotatable bonds is 16. The summed E-state index contributed by atoms with van der Waals surface area (Å²) in [6, 6.07) is 23.1. The Kier molecular flexibility index (Phi) is 18.4. The van der Waals surface area contributed by atoms with Crippen LogP contribution in [0.25, 0.3) is 10.4 Å². The van der Waals surface area contributed by atoms with Crippen LogP contribution in [0.4, 0.5) is 16.2 Å². The third kappa shape index (κ3) is 13.2. The van der Waals surface area contributed by atoms with Crippen LogP contribution in [0, 0.1) is 19.9 Å². The van der Waals surface area contributed by atoms with Gasteiger partial charge in [-0.3, -0.25) is 19.7 Å². The van der Waals surface area contributed by atoms with Crippen LogP contribution in [0.1, 0.15) is 91.6 Å². The molecule has 2 aliphatic heterocycles. The van der Waals surface area contributed by atoms with Gasteiger partial charge in [0.1, 0.15) is 6.04 Å². The van der Waals surface area contributed by atoms with Gasteiger partial charge in [-0.05, 0) is 78.3 Å². The van der Waals surface area contributed by atoms with Crippen LogP contribution < -0.4 is 49.8 Å². The Balaban J connectivity index is 0.000000325. The van der Waals surface area contributed by atoms with Crippen LogP contribution in [-0.2, 0) is 30.3 Å². The molecule has 66 heavy (non-hydrogen) atoms. The maximum Gasteiger partial charge on any atom is 1.00 e. The number of anilines is 2. The molecule has 4 aromatic rings. The first-order valence-corrected chi connectivity index (χ1v) is 23.3. The minimum Gasteiger partial charge on any atom is -0.479 e. The number of thiophene rings is 1. The second kappa shape index (κ2) is 23.1. The van der Waals surface area contributed by atoms with E-state index in [0.29, 0.717) is 36.5 Å². The van der Waals surface area contributed by atoms with Crippen molar-refractivity contribution in [2.75, 3.05) is 36.5 Å². The van der Waals surface area contributed by atoms with Gasteiger partial charge in [-0.15, -0.1) is 29.0 Å². The van der Waals surface area contributed by atoms with Gasteiger partial charge in [-0.1, -0.05) is 68.6 Å². The zero-order valence-corrected chi connectivity index (χ0v) is 42.0. The summed E-state index contributed by atoms with van der Waals surface area (Å²) >= 11 is 8.72. The van der Waals surface area contributed by atoms with E-state index in [4.69, 9.17) is 26.6 Å². The molecule has 3 heterocycles. The normalized spacial score (nSPS) is 16.8. The maximum atomic E-state index is 13.2. The van der Waals surface area contributed by atoms with E-state index in [-0.39, 0.29) is 80.4 Å². The van der Waals surface area contributed by atoms with E-state index in [9.17, 15) is 28.8 Å². The Morgan fingerprint density at radius 2 is 1.83 bits per heavy atom. The van der Waals surface area contributed by atoms with Crippen molar-refractivity contribution in [3.05, 3.63) is 113 Å². The molecule has 0 spiro atoms. The van der Waals surface area contributed by atoms with E-state index in [1.54, 1.807) is 36.2 Å². The molecule has 2 saturated heterocycles. The van der Waals surface area contributed by atoms with Crippen LogP contribution in [-0.4, -0.2) is 93.4 Å². The van der Waals surface area contributed by atoms with Gasteiger partial charge in [0, 0.05) is 41.5 Å². The number of nitrogens with zero attached hydrogens (tertiary/aromatic N) is 3. The number of carboxylic acids is 2. The van der Waals surface area contributed by atoms with E-state index < -0.39 is 30.5 Å². The number of piperidine rings is 2. The largest absolute Gasteiger partial charge is 1.00 e. The van der Waals surface area contributed by atoms with Crippen molar-refractivity contribution in [2.45, 2.75) is 88.0 Å². The number of likely N-dealkylation sites (tertiary alicyclic amines) is 1. The van der Waals surface area contributed by atoms with Crippen LogP contribution in [0.5, 0.6) is 5.75 Å². The van der Waals surface area contributed by atoms with Crippen LogP contribution in [0.2, 0.25) is 5.02 Å². The van der Waals surface area contributed by atoms with Crippen LogP contribution in [0.3, 0.4) is 0 Å². The number of aromatic carboxylic acids is 1. The van der Waals surface area contributed by atoms with E-state index >= 15 is 0 Å². The van der Waals surface area contributed by atoms with Crippen molar-refractivity contribution in [1.29, 1.82) is 0 Å². The monoisotopic (exact) mass is 965 g/mol. The van der Waals surface area contributed by atoms with E-state index in [2.05, 4.69) is 73.8 Å². The van der Waals surface area contributed by atoms with E-state index in [0.717, 1.165) is 71.7 Å². The van der Waals surface area contributed by atoms with Gasteiger partial charge in [0.15, 0.2) is 17.2 Å². The van der Waals surface area contributed by atoms with Crippen molar-refractivity contribution < 1.29 is 73.3 Å². The fourth-order valence-electron chi connectivity index (χ4n) is 7.79. The molecular weight excluding hydrogens is 913 g/mol. The molecule has 3 aliphatic rings. The number of benzene rings is 3. The van der Waals surface area contributed by atoms with Gasteiger partial charge in [-0.25, -0.2) is 14.4 Å². The topological polar surface area (TPSA) is 186 Å². The summed E-state index contributed by atoms with van der Waals surface area (Å²) in [5.74, 6) is -2.22. The molecule has 3 fully saturated rings. The third-order valence-corrected chi connectivity index (χ3v) is 14.7. The van der Waals surface area contributed by atoms with Gasteiger partial charge >= 0.3 is 47.5 Å². The van der Waals surface area contributed by atoms with Crippen molar-refractivity contribution in [3.63, 3.8) is 0 Å². The molecule has 0 bridgehead atoms. The summed E-state index contributed by atoms with van der Waals surface area (Å²) in [5, 5.41) is 23.3. The fraction of sp³-hybridized carbons (Fsp3) is 0.375. The minimum atomic E-state index is -1.22. The van der Waals surface area contributed by atoms with Gasteiger partial charge in [-0.2, -0.15) is 30.3 Å². The molecule has 1 aliphatic carbocycles. The number of amides is 5. The zero-order valence-electron chi connectivity index (χ0n) is 37.6. The maximum absolute atomic E-state index is 13.2. The smallest absolute Gasteiger partial charge is 0.479 e. The Hall–Kier alpha value is -4.42. The predicted octanol–water partition coefficient (Wildman–Crippen LogP) is 5.85. The molecule has 7 rings (SSSR count). The Morgan fingerprint density at radius 1 is 1.11 bits per heavy atom. The third-order valence-electron chi connectivity index (χ3n) is 11.6. The van der Waals surface area contributed by atoms with Crippen molar-refractivity contribution in [2.24, 2.45) is 0 Å². The summed E-state index contributed by atoms with van der Waals surface area (Å²) in [4.78, 5) is 75.3. The zero-order chi connectivity index (χ0) is 47.1. The van der Waals surface area contributed by atoms with E-state index in [1.807, 2.05) is 29.2 Å². The van der Waals surface area contributed by atoms with Gasteiger partial charge in [0.25, 0.3) is 0 Å². The number of ether oxygens (including phenoxy) is 1. The summed E-state index contributed by atoms with van der Waals surface area (Å²) < 4.78 is 7.13. The van der Waals surface area contributed by atoms with E-state index in [1.165, 1.54) is 10.5 Å². The number of carbonyl (C=O) groups is 6. The first-order valence-electron chi connectivity index (χ1n) is 21.2. The number of hydrogen-bond donors (Lipinski definition) is 4. The number of carboxylic acid groups (broad SMARTS) is 2. The molecule has 18 heteroatoms. The van der Waals surface area contributed by atoms with Crippen molar-refractivity contribution >= 4 is 82.5 Å².